The SMILES string of the molecule is CCc1[nH]nc(C(=O)NCCc2ncn(C)n2)c1N. The van der Waals surface area contributed by atoms with E-state index in [4.69, 9.17) is 5.73 Å². The molecule has 8 nitrogen and oxygen atoms in total. The van der Waals surface area contributed by atoms with Gasteiger partial charge in [0.15, 0.2) is 11.5 Å². The minimum atomic E-state index is -0.288. The zero-order valence-corrected chi connectivity index (χ0v) is 11.0. The van der Waals surface area contributed by atoms with Crippen LogP contribution < -0.4 is 11.1 Å². The van der Waals surface area contributed by atoms with Gasteiger partial charge in [0.05, 0.1) is 11.4 Å². The van der Waals surface area contributed by atoms with Crippen molar-refractivity contribution >= 4 is 11.6 Å². The van der Waals surface area contributed by atoms with Crippen LogP contribution in [0.3, 0.4) is 0 Å². The number of H-pyrrole nitrogens is 1. The summed E-state index contributed by atoms with van der Waals surface area (Å²) < 4.78 is 1.62. The molecule has 19 heavy (non-hydrogen) atoms. The van der Waals surface area contributed by atoms with Gasteiger partial charge < -0.3 is 11.1 Å². The fraction of sp³-hybridized carbons (Fsp3) is 0.455. The number of nitrogens with two attached hydrogens (primary N) is 1. The lowest BCUT2D eigenvalue weighted by atomic mass is 10.2. The van der Waals surface area contributed by atoms with Crippen molar-refractivity contribution in [3.63, 3.8) is 0 Å². The fourth-order valence-corrected chi connectivity index (χ4v) is 1.70. The fourth-order valence-electron chi connectivity index (χ4n) is 1.70. The first-order valence-electron chi connectivity index (χ1n) is 6.07. The highest BCUT2D eigenvalue weighted by atomic mass is 16.1. The second-order valence-electron chi connectivity index (χ2n) is 4.16. The van der Waals surface area contributed by atoms with Gasteiger partial charge in [0.2, 0.25) is 0 Å². The number of aryl methyl sites for hydroxylation is 2. The molecule has 4 N–H and O–H groups in total. The number of amides is 1. The van der Waals surface area contributed by atoms with Crippen molar-refractivity contribution in [3.05, 3.63) is 23.5 Å². The summed E-state index contributed by atoms with van der Waals surface area (Å²) in [5.41, 5.74) is 7.25. The van der Waals surface area contributed by atoms with E-state index in [0.717, 1.165) is 5.69 Å². The Morgan fingerprint density at radius 1 is 1.58 bits per heavy atom. The Morgan fingerprint density at radius 3 is 2.95 bits per heavy atom. The van der Waals surface area contributed by atoms with Gasteiger partial charge in [0.1, 0.15) is 6.33 Å². The number of hydrogen-bond acceptors (Lipinski definition) is 5. The third kappa shape index (κ3) is 2.90. The number of carbonyl (C=O) groups excluding carboxylic acids is 1. The highest BCUT2D eigenvalue weighted by Gasteiger charge is 2.15. The van der Waals surface area contributed by atoms with Crippen molar-refractivity contribution in [2.75, 3.05) is 12.3 Å². The Labute approximate surface area is 110 Å². The molecule has 2 aromatic rings. The molecule has 0 bridgehead atoms. The van der Waals surface area contributed by atoms with Gasteiger partial charge in [-0.3, -0.25) is 14.6 Å². The summed E-state index contributed by atoms with van der Waals surface area (Å²) in [4.78, 5) is 15.9. The maximum absolute atomic E-state index is 11.9. The topological polar surface area (TPSA) is 115 Å². The smallest absolute Gasteiger partial charge is 0.273 e. The second kappa shape index (κ2) is 5.51. The predicted molar refractivity (Wildman–Crippen MR) is 69.4 cm³/mol. The molecule has 0 aromatic carbocycles. The number of carbonyl (C=O) groups is 1. The van der Waals surface area contributed by atoms with Gasteiger partial charge in [-0.25, -0.2) is 4.98 Å². The number of nitrogens with one attached hydrogen (secondary N) is 2. The molecule has 0 fully saturated rings. The highest BCUT2D eigenvalue weighted by Crippen LogP contribution is 2.13. The van der Waals surface area contributed by atoms with E-state index in [-0.39, 0.29) is 11.6 Å². The van der Waals surface area contributed by atoms with E-state index >= 15 is 0 Å². The quantitative estimate of drug-likeness (QED) is 0.682. The highest BCUT2D eigenvalue weighted by molar-refractivity contribution is 5.97. The lowest BCUT2D eigenvalue weighted by Gasteiger charge is -2.02. The number of aromatic nitrogens is 5. The Balaban J connectivity index is 1.89. The van der Waals surface area contributed by atoms with Crippen LogP contribution in [0.4, 0.5) is 5.69 Å². The van der Waals surface area contributed by atoms with Crippen LogP contribution in [-0.4, -0.2) is 37.4 Å². The second-order valence-corrected chi connectivity index (χ2v) is 4.16. The minimum Gasteiger partial charge on any atom is -0.395 e. The van der Waals surface area contributed by atoms with Gasteiger partial charge in [0.25, 0.3) is 5.91 Å². The zero-order chi connectivity index (χ0) is 13.8. The van der Waals surface area contributed by atoms with Gasteiger partial charge in [-0.05, 0) is 6.42 Å². The lowest BCUT2D eigenvalue weighted by molar-refractivity contribution is 0.0950. The number of rotatable bonds is 5. The Kier molecular flexibility index (Phi) is 3.79. The van der Waals surface area contributed by atoms with Crippen molar-refractivity contribution in [3.8, 4) is 0 Å². The summed E-state index contributed by atoms with van der Waals surface area (Å²) in [6, 6.07) is 0. The Bertz CT molecular complexity index is 571. The molecule has 0 spiro atoms. The number of nitrogen functional groups attached to an aromatic ring is 1. The summed E-state index contributed by atoms with van der Waals surface area (Å²) in [6.45, 7) is 2.38. The molecule has 2 rings (SSSR count). The van der Waals surface area contributed by atoms with Gasteiger partial charge in [0, 0.05) is 20.0 Å². The van der Waals surface area contributed by atoms with Crippen molar-refractivity contribution < 1.29 is 4.79 Å². The summed E-state index contributed by atoms with van der Waals surface area (Å²) in [6.07, 6.45) is 2.90. The maximum Gasteiger partial charge on any atom is 0.273 e. The van der Waals surface area contributed by atoms with Crippen molar-refractivity contribution in [2.45, 2.75) is 19.8 Å². The van der Waals surface area contributed by atoms with E-state index in [1.807, 2.05) is 6.92 Å². The largest absolute Gasteiger partial charge is 0.395 e. The number of nitrogens with zero attached hydrogens (tertiary/aromatic N) is 4. The van der Waals surface area contributed by atoms with E-state index < -0.39 is 0 Å². The number of anilines is 1. The molecule has 0 aliphatic carbocycles. The maximum atomic E-state index is 11.9. The number of hydrogen-bond donors (Lipinski definition) is 3. The molecule has 0 radical (unpaired) electrons. The summed E-state index contributed by atoms with van der Waals surface area (Å²) in [7, 11) is 1.80. The molecule has 8 heteroatoms. The predicted octanol–water partition coefficient (Wildman–Crippen LogP) is -0.345. The molecule has 0 saturated heterocycles. The zero-order valence-electron chi connectivity index (χ0n) is 11.0. The Morgan fingerprint density at radius 2 is 2.37 bits per heavy atom. The van der Waals surface area contributed by atoms with Crippen molar-refractivity contribution in [1.29, 1.82) is 0 Å². The molecule has 2 heterocycles. The van der Waals surface area contributed by atoms with Crippen LogP contribution in [0.2, 0.25) is 0 Å². The molecule has 0 aliphatic heterocycles. The van der Waals surface area contributed by atoms with Crippen LogP contribution in [0.25, 0.3) is 0 Å². The van der Waals surface area contributed by atoms with E-state index in [1.54, 1.807) is 18.1 Å². The first kappa shape index (κ1) is 13.1. The molecule has 0 saturated carbocycles. The van der Waals surface area contributed by atoms with E-state index in [0.29, 0.717) is 30.9 Å². The summed E-state index contributed by atoms with van der Waals surface area (Å²) in [5.74, 6) is 0.399. The van der Waals surface area contributed by atoms with Crippen LogP contribution in [0.5, 0.6) is 0 Å². The van der Waals surface area contributed by atoms with Crippen LogP contribution >= 0.6 is 0 Å². The minimum absolute atomic E-state index is 0.242. The van der Waals surface area contributed by atoms with E-state index in [1.165, 1.54) is 0 Å². The van der Waals surface area contributed by atoms with Crippen LogP contribution in [0, 0.1) is 0 Å². The first-order chi connectivity index (χ1) is 9.11. The van der Waals surface area contributed by atoms with Crippen LogP contribution in [0.1, 0.15) is 28.9 Å². The number of aromatic amines is 1. The molecule has 0 atom stereocenters. The Hall–Kier alpha value is -2.38. The monoisotopic (exact) mass is 263 g/mol. The molecular formula is C11H17N7O. The first-order valence-corrected chi connectivity index (χ1v) is 6.07. The van der Waals surface area contributed by atoms with Gasteiger partial charge in [-0.2, -0.15) is 10.2 Å². The molecular weight excluding hydrogens is 246 g/mol. The van der Waals surface area contributed by atoms with Gasteiger partial charge in [-0.1, -0.05) is 6.92 Å². The average molecular weight is 263 g/mol. The molecule has 102 valence electrons. The molecule has 0 aliphatic rings. The molecule has 1 amide bonds. The summed E-state index contributed by atoms with van der Waals surface area (Å²) in [5, 5.41) is 13.5. The van der Waals surface area contributed by atoms with Gasteiger partial charge >= 0.3 is 0 Å². The van der Waals surface area contributed by atoms with Crippen molar-refractivity contribution in [2.24, 2.45) is 7.05 Å². The van der Waals surface area contributed by atoms with Gasteiger partial charge in [-0.15, -0.1) is 0 Å². The average Bonchev–Trinajstić information content (AvgIpc) is 2.95. The van der Waals surface area contributed by atoms with Crippen molar-refractivity contribution in [1.82, 2.24) is 30.3 Å². The van der Waals surface area contributed by atoms with E-state index in [2.05, 4.69) is 25.6 Å². The standard InChI is InChI=1S/C11H17N7O/c1-3-7-9(12)10(16-15-7)11(19)13-5-4-8-14-6-18(2)17-8/h6H,3-5,12H2,1-2H3,(H,13,19)(H,15,16). The van der Waals surface area contributed by atoms with E-state index in [9.17, 15) is 4.79 Å². The molecule has 0 unspecified atom stereocenters. The lowest BCUT2D eigenvalue weighted by Crippen LogP contribution is -2.27. The van der Waals surface area contributed by atoms with Crippen LogP contribution in [0.15, 0.2) is 6.33 Å². The molecule has 2 aromatic heterocycles. The third-order valence-corrected chi connectivity index (χ3v) is 2.73. The normalized spacial score (nSPS) is 10.6. The van der Waals surface area contributed by atoms with Crippen LogP contribution in [-0.2, 0) is 19.9 Å². The third-order valence-electron chi connectivity index (χ3n) is 2.73. The summed E-state index contributed by atoms with van der Waals surface area (Å²) >= 11 is 0.